The molecule has 0 aromatic rings. The Kier molecular flexibility index (Phi) is 4.17. The molecule has 12 heavy (non-hydrogen) atoms. The van der Waals surface area contributed by atoms with Gasteiger partial charge in [0.15, 0.2) is 0 Å². The maximum Gasteiger partial charge on any atom is 0.363 e. The highest BCUT2D eigenvalue weighted by molar-refractivity contribution is 7.57. The van der Waals surface area contributed by atoms with Gasteiger partial charge in [-0.3, -0.25) is 4.57 Å². The van der Waals surface area contributed by atoms with Gasteiger partial charge in [-0.15, -0.1) is 0 Å². The Bertz CT molecular complexity index is 238. The highest BCUT2D eigenvalue weighted by atomic mass is 31.2. The van der Waals surface area contributed by atoms with Gasteiger partial charge in [-0.25, -0.2) is 4.79 Å². The third-order valence-corrected chi connectivity index (χ3v) is 2.16. The first-order valence-electron chi connectivity index (χ1n) is 3.39. The molecule has 0 rings (SSSR count). The first-order chi connectivity index (χ1) is 5.39. The van der Waals surface area contributed by atoms with E-state index in [0.717, 1.165) is 6.08 Å². The van der Waals surface area contributed by atoms with Crippen molar-refractivity contribution in [2.24, 2.45) is 0 Å². The topological polar surface area (TPSA) is 94.8 Å². The predicted octanol–water partition coefficient (Wildman–Crippen LogP) is 0.933. The van der Waals surface area contributed by atoms with Gasteiger partial charge in [0.2, 0.25) is 0 Å². The first kappa shape index (κ1) is 11.4. The largest absolute Gasteiger partial charge is 0.477 e. The SMILES string of the molecule is CCC/C=C(\C(=O)O)P(=O)(O)O. The second kappa shape index (κ2) is 4.40. The van der Waals surface area contributed by atoms with Crippen LogP contribution in [0.1, 0.15) is 19.8 Å². The van der Waals surface area contributed by atoms with Gasteiger partial charge >= 0.3 is 13.6 Å². The highest BCUT2D eigenvalue weighted by Gasteiger charge is 2.26. The molecule has 0 radical (unpaired) electrons. The van der Waals surface area contributed by atoms with Crippen molar-refractivity contribution >= 4 is 13.6 Å². The Morgan fingerprint density at radius 3 is 2.25 bits per heavy atom. The standard InChI is InChI=1S/C6H11O5P/c1-2-3-4-5(6(7)8)12(9,10)11/h4H,2-3H2,1H3,(H,7,8)(H2,9,10,11)/b5-4+. The summed E-state index contributed by atoms with van der Waals surface area (Å²) in [6, 6.07) is 0. The van der Waals surface area contributed by atoms with Crippen LogP contribution in [0.5, 0.6) is 0 Å². The average molecular weight is 194 g/mol. The van der Waals surface area contributed by atoms with Crippen molar-refractivity contribution in [1.82, 2.24) is 0 Å². The molecule has 0 aliphatic heterocycles. The monoisotopic (exact) mass is 194 g/mol. The molecular formula is C6H11O5P. The van der Waals surface area contributed by atoms with Crippen LogP contribution in [0.15, 0.2) is 11.4 Å². The molecular weight excluding hydrogens is 183 g/mol. The lowest BCUT2D eigenvalue weighted by molar-refractivity contribution is -0.132. The molecule has 3 N–H and O–H groups in total. The van der Waals surface area contributed by atoms with Gasteiger partial charge in [0.05, 0.1) is 0 Å². The van der Waals surface area contributed by atoms with Crippen LogP contribution < -0.4 is 0 Å². The van der Waals surface area contributed by atoms with Gasteiger partial charge in [0.25, 0.3) is 0 Å². The molecule has 0 heterocycles. The quantitative estimate of drug-likeness (QED) is 0.457. The molecule has 0 bridgehead atoms. The second-order valence-electron chi connectivity index (χ2n) is 2.23. The second-order valence-corrected chi connectivity index (χ2v) is 3.80. The third-order valence-electron chi connectivity index (χ3n) is 1.16. The summed E-state index contributed by atoms with van der Waals surface area (Å²) < 4.78 is 10.5. The van der Waals surface area contributed by atoms with Crippen molar-refractivity contribution in [1.29, 1.82) is 0 Å². The summed E-state index contributed by atoms with van der Waals surface area (Å²) >= 11 is 0. The van der Waals surface area contributed by atoms with Crippen LogP contribution in [0.2, 0.25) is 0 Å². The van der Waals surface area contributed by atoms with E-state index in [1.54, 1.807) is 6.92 Å². The molecule has 0 spiro atoms. The zero-order valence-electron chi connectivity index (χ0n) is 6.60. The maximum absolute atomic E-state index is 10.5. The van der Waals surface area contributed by atoms with Crippen LogP contribution in [0.25, 0.3) is 0 Å². The van der Waals surface area contributed by atoms with Crippen LogP contribution in [0.4, 0.5) is 0 Å². The lowest BCUT2D eigenvalue weighted by atomic mass is 10.3. The van der Waals surface area contributed by atoms with Crippen molar-refractivity contribution < 1.29 is 24.3 Å². The summed E-state index contributed by atoms with van der Waals surface area (Å²) in [5.41, 5.74) is 0. The number of hydrogen-bond donors (Lipinski definition) is 3. The Hall–Kier alpha value is -0.640. The number of carbonyl (C=O) groups is 1. The van der Waals surface area contributed by atoms with Crippen molar-refractivity contribution in [2.75, 3.05) is 0 Å². The normalized spacial score (nSPS) is 13.1. The van der Waals surface area contributed by atoms with E-state index in [0.29, 0.717) is 12.8 Å². The Morgan fingerprint density at radius 2 is 2.00 bits per heavy atom. The number of carboxylic acids is 1. The fourth-order valence-corrected chi connectivity index (χ4v) is 1.23. The van der Waals surface area contributed by atoms with Crippen LogP contribution in [-0.4, -0.2) is 20.9 Å². The Morgan fingerprint density at radius 1 is 1.50 bits per heavy atom. The van der Waals surface area contributed by atoms with Crippen molar-refractivity contribution in [3.8, 4) is 0 Å². The van der Waals surface area contributed by atoms with E-state index in [9.17, 15) is 9.36 Å². The molecule has 0 atom stereocenters. The van der Waals surface area contributed by atoms with E-state index in [4.69, 9.17) is 14.9 Å². The summed E-state index contributed by atoms with van der Waals surface area (Å²) in [5.74, 6) is -1.56. The predicted molar refractivity (Wildman–Crippen MR) is 42.7 cm³/mol. The van der Waals surface area contributed by atoms with E-state index in [1.165, 1.54) is 0 Å². The zero-order valence-corrected chi connectivity index (χ0v) is 7.49. The Labute approximate surface area is 69.9 Å². The molecule has 0 saturated heterocycles. The molecule has 5 nitrogen and oxygen atoms in total. The zero-order chi connectivity index (χ0) is 9.78. The van der Waals surface area contributed by atoms with E-state index in [-0.39, 0.29) is 0 Å². The molecule has 6 heteroatoms. The van der Waals surface area contributed by atoms with Gasteiger partial charge in [-0.05, 0) is 6.42 Å². The third kappa shape index (κ3) is 3.67. The molecule has 0 aliphatic carbocycles. The van der Waals surface area contributed by atoms with Gasteiger partial charge in [0.1, 0.15) is 5.31 Å². The molecule has 0 unspecified atom stereocenters. The average Bonchev–Trinajstić information content (AvgIpc) is 1.84. The smallest absolute Gasteiger partial charge is 0.363 e. The number of aliphatic carboxylic acids is 1. The molecule has 0 aromatic heterocycles. The summed E-state index contributed by atoms with van der Waals surface area (Å²) in [7, 11) is -4.60. The van der Waals surface area contributed by atoms with Crippen LogP contribution >= 0.6 is 7.60 Å². The van der Waals surface area contributed by atoms with Crippen molar-refractivity contribution in [3.63, 3.8) is 0 Å². The minimum atomic E-state index is -4.60. The number of hydrogen-bond acceptors (Lipinski definition) is 2. The minimum absolute atomic E-state index is 0.354. The molecule has 70 valence electrons. The van der Waals surface area contributed by atoms with Crippen LogP contribution in [-0.2, 0) is 9.36 Å². The van der Waals surface area contributed by atoms with E-state index < -0.39 is 18.9 Å². The first-order valence-corrected chi connectivity index (χ1v) is 5.00. The lowest BCUT2D eigenvalue weighted by Gasteiger charge is -2.03. The minimum Gasteiger partial charge on any atom is -0.477 e. The summed E-state index contributed by atoms with van der Waals surface area (Å²) in [6.45, 7) is 1.79. The fourth-order valence-electron chi connectivity index (χ4n) is 0.612. The molecule has 0 aliphatic rings. The number of allylic oxidation sites excluding steroid dienone is 1. The Balaban J connectivity index is 4.68. The van der Waals surface area contributed by atoms with Gasteiger partial charge in [-0.2, -0.15) is 0 Å². The molecule has 0 aromatic carbocycles. The summed E-state index contributed by atoms with van der Waals surface area (Å²) in [5, 5.41) is 7.56. The highest BCUT2D eigenvalue weighted by Crippen LogP contribution is 2.45. The number of unbranched alkanes of at least 4 members (excludes halogenated alkanes) is 1. The molecule has 0 saturated carbocycles. The fraction of sp³-hybridized carbons (Fsp3) is 0.500. The van der Waals surface area contributed by atoms with Crippen molar-refractivity contribution in [3.05, 3.63) is 11.4 Å². The van der Waals surface area contributed by atoms with Crippen LogP contribution in [0.3, 0.4) is 0 Å². The van der Waals surface area contributed by atoms with E-state index in [2.05, 4.69) is 0 Å². The van der Waals surface area contributed by atoms with Gasteiger partial charge < -0.3 is 14.9 Å². The van der Waals surface area contributed by atoms with E-state index in [1.807, 2.05) is 0 Å². The lowest BCUT2D eigenvalue weighted by Crippen LogP contribution is -2.01. The maximum atomic E-state index is 10.5. The summed E-state index contributed by atoms with van der Waals surface area (Å²) in [4.78, 5) is 27.4. The van der Waals surface area contributed by atoms with Crippen LogP contribution in [0, 0.1) is 0 Å². The van der Waals surface area contributed by atoms with Gasteiger partial charge in [0, 0.05) is 0 Å². The van der Waals surface area contributed by atoms with E-state index >= 15 is 0 Å². The van der Waals surface area contributed by atoms with Gasteiger partial charge in [-0.1, -0.05) is 19.4 Å². The molecule has 0 fully saturated rings. The number of rotatable bonds is 4. The summed E-state index contributed by atoms with van der Waals surface area (Å²) in [6.07, 6.45) is 2.06. The van der Waals surface area contributed by atoms with Crippen molar-refractivity contribution in [2.45, 2.75) is 19.8 Å². The number of carboxylic acid groups (broad SMARTS) is 1. The molecule has 0 amide bonds.